The Morgan fingerprint density at radius 2 is 2.16 bits per heavy atom. The maximum atomic E-state index is 12.0. The number of nitrogens with one attached hydrogen (secondary N) is 2. The number of carbonyl (C=O) groups excluding carboxylic acids is 1. The first kappa shape index (κ1) is 13.1. The molecule has 0 unspecified atom stereocenters. The van der Waals surface area contributed by atoms with Crippen LogP contribution in [0.5, 0.6) is 0 Å². The molecule has 0 bridgehead atoms. The number of benzene rings is 1. The third-order valence-electron chi connectivity index (χ3n) is 2.26. The number of aromatic nitrogens is 3. The molecule has 0 fully saturated rings. The van der Waals surface area contributed by atoms with E-state index < -0.39 is 18.6 Å². The van der Waals surface area contributed by atoms with E-state index in [4.69, 9.17) is 0 Å². The van der Waals surface area contributed by atoms with E-state index in [1.165, 1.54) is 18.5 Å². The molecule has 0 aliphatic heterocycles. The molecule has 8 heteroatoms. The smallest absolute Gasteiger partial charge is 0.343 e. The van der Waals surface area contributed by atoms with E-state index in [-0.39, 0.29) is 5.56 Å². The fraction of sp³-hybridized carbons (Fsp3) is 0.182. The molecule has 0 aliphatic carbocycles. The summed E-state index contributed by atoms with van der Waals surface area (Å²) in [5.41, 5.74) is 0.690. The van der Waals surface area contributed by atoms with Gasteiger partial charge >= 0.3 is 6.18 Å². The second kappa shape index (κ2) is 5.09. The van der Waals surface area contributed by atoms with Crippen LogP contribution in [0.1, 0.15) is 10.4 Å². The van der Waals surface area contributed by atoms with Crippen molar-refractivity contribution in [3.05, 3.63) is 36.2 Å². The Bertz CT molecular complexity index is 566. The van der Waals surface area contributed by atoms with Gasteiger partial charge in [0, 0.05) is 11.1 Å². The first-order valence-corrected chi connectivity index (χ1v) is 5.26. The van der Waals surface area contributed by atoms with Crippen LogP contribution in [0, 0.1) is 0 Å². The Balaban J connectivity index is 2.13. The van der Waals surface area contributed by atoms with E-state index in [9.17, 15) is 18.0 Å². The Kier molecular flexibility index (Phi) is 3.50. The summed E-state index contributed by atoms with van der Waals surface area (Å²) >= 11 is 0. The molecule has 5 nitrogen and oxygen atoms in total. The predicted octanol–water partition coefficient (Wildman–Crippen LogP) is 1.76. The van der Waals surface area contributed by atoms with Gasteiger partial charge in [0.25, 0.3) is 5.91 Å². The second-order valence-corrected chi connectivity index (χ2v) is 3.71. The zero-order valence-corrected chi connectivity index (χ0v) is 9.53. The fourth-order valence-corrected chi connectivity index (χ4v) is 1.43. The lowest BCUT2D eigenvalue weighted by atomic mass is 10.1. The molecule has 100 valence electrons. The molecule has 0 saturated carbocycles. The first-order chi connectivity index (χ1) is 8.96. The van der Waals surface area contributed by atoms with E-state index in [2.05, 4.69) is 15.2 Å². The molecule has 19 heavy (non-hydrogen) atoms. The average Bonchev–Trinajstić information content (AvgIpc) is 2.89. The summed E-state index contributed by atoms with van der Waals surface area (Å²) in [6, 6.07) is 6.08. The summed E-state index contributed by atoms with van der Waals surface area (Å²) < 4.78 is 36.0. The van der Waals surface area contributed by atoms with Gasteiger partial charge in [-0.2, -0.15) is 18.3 Å². The molecular weight excluding hydrogens is 261 g/mol. The zero-order chi connectivity index (χ0) is 13.9. The summed E-state index contributed by atoms with van der Waals surface area (Å²) in [6.45, 7) is -1.36. The van der Waals surface area contributed by atoms with Gasteiger partial charge in [0.2, 0.25) is 0 Å². The van der Waals surface area contributed by atoms with Gasteiger partial charge in [0.15, 0.2) is 5.82 Å². The molecule has 1 aromatic heterocycles. The highest BCUT2D eigenvalue weighted by Crippen LogP contribution is 2.16. The number of rotatable bonds is 3. The van der Waals surface area contributed by atoms with Crippen LogP contribution in [0.3, 0.4) is 0 Å². The number of H-pyrrole nitrogens is 1. The minimum atomic E-state index is -4.43. The van der Waals surface area contributed by atoms with Crippen molar-refractivity contribution < 1.29 is 18.0 Å². The van der Waals surface area contributed by atoms with Crippen molar-refractivity contribution in [3.8, 4) is 11.4 Å². The Labute approximate surface area is 105 Å². The van der Waals surface area contributed by atoms with Gasteiger partial charge in [0.05, 0.1) is 0 Å². The number of carbonyl (C=O) groups is 1. The summed E-state index contributed by atoms with van der Waals surface area (Å²) in [5, 5.41) is 8.06. The molecule has 0 spiro atoms. The maximum absolute atomic E-state index is 12.0. The summed E-state index contributed by atoms with van der Waals surface area (Å²) in [7, 11) is 0. The van der Waals surface area contributed by atoms with Crippen LogP contribution in [0.15, 0.2) is 30.6 Å². The number of amides is 1. The number of hydrogen-bond donors (Lipinski definition) is 2. The van der Waals surface area contributed by atoms with E-state index in [1.807, 2.05) is 0 Å². The quantitative estimate of drug-likeness (QED) is 0.892. The first-order valence-electron chi connectivity index (χ1n) is 5.26. The second-order valence-electron chi connectivity index (χ2n) is 3.71. The lowest BCUT2D eigenvalue weighted by Gasteiger charge is -2.08. The van der Waals surface area contributed by atoms with Crippen molar-refractivity contribution in [1.82, 2.24) is 20.5 Å². The van der Waals surface area contributed by atoms with Gasteiger partial charge in [-0.3, -0.25) is 9.89 Å². The molecule has 2 rings (SSSR count). The van der Waals surface area contributed by atoms with E-state index in [0.717, 1.165) is 0 Å². The summed E-state index contributed by atoms with van der Waals surface area (Å²) in [5.74, 6) is -0.357. The predicted molar refractivity (Wildman–Crippen MR) is 60.2 cm³/mol. The van der Waals surface area contributed by atoms with Crippen molar-refractivity contribution >= 4 is 5.91 Å². The molecule has 0 saturated heterocycles. The normalized spacial score (nSPS) is 11.3. The molecule has 0 atom stereocenters. The zero-order valence-electron chi connectivity index (χ0n) is 9.53. The molecule has 0 radical (unpaired) electrons. The van der Waals surface area contributed by atoms with Crippen molar-refractivity contribution in [2.24, 2.45) is 0 Å². The van der Waals surface area contributed by atoms with Crippen molar-refractivity contribution in [2.75, 3.05) is 6.54 Å². The minimum absolute atomic E-state index is 0.123. The summed E-state index contributed by atoms with van der Waals surface area (Å²) in [4.78, 5) is 15.4. The lowest BCUT2D eigenvalue weighted by molar-refractivity contribution is -0.123. The average molecular weight is 270 g/mol. The lowest BCUT2D eigenvalue weighted by Crippen LogP contribution is -2.33. The van der Waals surface area contributed by atoms with Gasteiger partial charge in [0.1, 0.15) is 12.9 Å². The minimum Gasteiger partial charge on any atom is -0.343 e. The standard InChI is InChI=1S/C11H9F3N4O/c12-11(13,14)5-15-10(19)8-3-1-2-7(4-8)9-16-6-17-18-9/h1-4,6H,5H2,(H,15,19)(H,16,17,18). The van der Waals surface area contributed by atoms with E-state index in [0.29, 0.717) is 11.4 Å². The maximum Gasteiger partial charge on any atom is 0.405 e. The highest BCUT2D eigenvalue weighted by molar-refractivity contribution is 5.95. The van der Waals surface area contributed by atoms with Crippen LogP contribution in [0.4, 0.5) is 13.2 Å². The SMILES string of the molecule is O=C(NCC(F)(F)F)c1cccc(-c2ncn[nH]2)c1. The Morgan fingerprint density at radius 1 is 1.37 bits per heavy atom. The molecule has 1 heterocycles. The third-order valence-corrected chi connectivity index (χ3v) is 2.26. The summed E-state index contributed by atoms with van der Waals surface area (Å²) in [6.07, 6.45) is -3.13. The Morgan fingerprint density at radius 3 is 2.79 bits per heavy atom. The van der Waals surface area contributed by atoms with Crippen LogP contribution in [0.2, 0.25) is 0 Å². The van der Waals surface area contributed by atoms with Crippen LogP contribution < -0.4 is 5.32 Å². The van der Waals surface area contributed by atoms with Crippen LogP contribution >= 0.6 is 0 Å². The topological polar surface area (TPSA) is 70.7 Å². The fourth-order valence-electron chi connectivity index (χ4n) is 1.43. The van der Waals surface area contributed by atoms with Crippen LogP contribution in [0.25, 0.3) is 11.4 Å². The Hall–Kier alpha value is -2.38. The number of nitrogens with zero attached hydrogens (tertiary/aromatic N) is 2. The van der Waals surface area contributed by atoms with Gasteiger partial charge in [-0.05, 0) is 12.1 Å². The third kappa shape index (κ3) is 3.54. The molecule has 2 aromatic rings. The van der Waals surface area contributed by atoms with Crippen LogP contribution in [-0.2, 0) is 0 Å². The largest absolute Gasteiger partial charge is 0.405 e. The number of alkyl halides is 3. The van der Waals surface area contributed by atoms with Gasteiger partial charge in [-0.25, -0.2) is 4.98 Å². The van der Waals surface area contributed by atoms with Crippen molar-refractivity contribution in [1.29, 1.82) is 0 Å². The molecule has 1 amide bonds. The highest BCUT2D eigenvalue weighted by Gasteiger charge is 2.27. The van der Waals surface area contributed by atoms with Crippen molar-refractivity contribution in [3.63, 3.8) is 0 Å². The van der Waals surface area contributed by atoms with Crippen LogP contribution in [-0.4, -0.2) is 33.8 Å². The molecule has 2 N–H and O–H groups in total. The monoisotopic (exact) mass is 270 g/mol. The van der Waals surface area contributed by atoms with Crippen molar-refractivity contribution in [2.45, 2.75) is 6.18 Å². The number of hydrogen-bond acceptors (Lipinski definition) is 3. The number of halogens is 3. The van der Waals surface area contributed by atoms with E-state index >= 15 is 0 Å². The number of aromatic amines is 1. The molecular formula is C11H9F3N4O. The van der Waals surface area contributed by atoms with Gasteiger partial charge < -0.3 is 5.32 Å². The highest BCUT2D eigenvalue weighted by atomic mass is 19.4. The molecule has 0 aliphatic rings. The molecule has 1 aromatic carbocycles. The van der Waals surface area contributed by atoms with Gasteiger partial charge in [-0.1, -0.05) is 12.1 Å². The van der Waals surface area contributed by atoms with E-state index in [1.54, 1.807) is 17.4 Å². The van der Waals surface area contributed by atoms with Gasteiger partial charge in [-0.15, -0.1) is 0 Å².